The van der Waals surface area contributed by atoms with Crippen LogP contribution in [-0.2, 0) is 0 Å². The van der Waals surface area contributed by atoms with E-state index in [0.29, 0.717) is 0 Å². The summed E-state index contributed by atoms with van der Waals surface area (Å²) in [6, 6.07) is 1.50. The summed E-state index contributed by atoms with van der Waals surface area (Å²) in [4.78, 5) is 5.49. The van der Waals surface area contributed by atoms with Crippen LogP contribution in [0.2, 0.25) is 0 Å². The summed E-state index contributed by atoms with van der Waals surface area (Å²) < 4.78 is 0. The first kappa shape index (κ1) is 15.8. The van der Waals surface area contributed by atoms with Gasteiger partial charge in [0.2, 0.25) is 0 Å². The maximum absolute atomic E-state index is 6.37. The van der Waals surface area contributed by atoms with Crippen molar-refractivity contribution in [3.63, 3.8) is 0 Å². The van der Waals surface area contributed by atoms with Crippen LogP contribution in [-0.4, -0.2) is 54.1 Å². The maximum Gasteiger partial charge on any atom is 0.0498 e. The van der Waals surface area contributed by atoms with Gasteiger partial charge in [0.1, 0.15) is 0 Å². The Morgan fingerprint density at radius 3 is 2.52 bits per heavy atom. The molecule has 2 heterocycles. The fraction of sp³-hybridized carbons (Fsp3) is 1.00. The van der Waals surface area contributed by atoms with Crippen LogP contribution in [0, 0.1) is 5.92 Å². The van der Waals surface area contributed by atoms with Crippen LogP contribution in [0.3, 0.4) is 0 Å². The smallest absolute Gasteiger partial charge is 0.0498 e. The molecule has 2 N–H and O–H groups in total. The highest BCUT2D eigenvalue weighted by molar-refractivity contribution is 5.09. The molecule has 0 bridgehead atoms. The Kier molecular flexibility index (Phi) is 4.92. The van der Waals surface area contributed by atoms with Crippen LogP contribution in [0.4, 0.5) is 0 Å². The molecule has 0 aromatic carbocycles. The SMILES string of the molecule is CCC1CCC(N(C)C2(CN)CCN3CCCCC32)CC1. The van der Waals surface area contributed by atoms with E-state index in [2.05, 4.69) is 23.8 Å². The zero-order valence-electron chi connectivity index (χ0n) is 14.2. The van der Waals surface area contributed by atoms with Gasteiger partial charge in [-0.3, -0.25) is 9.80 Å². The molecule has 3 nitrogen and oxygen atoms in total. The van der Waals surface area contributed by atoms with Crippen LogP contribution < -0.4 is 5.73 Å². The third-order valence-electron chi connectivity index (χ3n) is 7.06. The Bertz CT molecular complexity index is 337. The van der Waals surface area contributed by atoms with Crippen molar-refractivity contribution in [2.75, 3.05) is 26.7 Å². The average Bonchev–Trinajstić information content (AvgIpc) is 2.94. The van der Waals surface area contributed by atoms with Crippen LogP contribution in [0.5, 0.6) is 0 Å². The fourth-order valence-corrected chi connectivity index (χ4v) is 5.47. The van der Waals surface area contributed by atoms with E-state index in [-0.39, 0.29) is 5.54 Å². The first-order valence-electron chi connectivity index (χ1n) is 9.38. The molecule has 1 aliphatic carbocycles. The van der Waals surface area contributed by atoms with Crippen molar-refractivity contribution < 1.29 is 0 Å². The van der Waals surface area contributed by atoms with Gasteiger partial charge in [-0.15, -0.1) is 0 Å². The average molecular weight is 293 g/mol. The molecule has 0 aromatic heterocycles. The first-order chi connectivity index (χ1) is 10.2. The van der Waals surface area contributed by atoms with Crippen molar-refractivity contribution in [3.8, 4) is 0 Å². The predicted molar refractivity (Wildman–Crippen MR) is 89.4 cm³/mol. The molecule has 2 atom stereocenters. The van der Waals surface area contributed by atoms with Crippen molar-refractivity contribution in [2.24, 2.45) is 11.7 Å². The number of hydrogen-bond acceptors (Lipinski definition) is 3. The minimum Gasteiger partial charge on any atom is -0.329 e. The van der Waals surface area contributed by atoms with Crippen molar-refractivity contribution in [1.29, 1.82) is 0 Å². The molecule has 3 fully saturated rings. The molecule has 2 aliphatic heterocycles. The topological polar surface area (TPSA) is 32.5 Å². The molecule has 21 heavy (non-hydrogen) atoms. The summed E-state index contributed by atoms with van der Waals surface area (Å²) in [5, 5.41) is 0. The predicted octanol–water partition coefficient (Wildman–Crippen LogP) is 2.84. The third-order valence-corrected chi connectivity index (χ3v) is 7.06. The Labute approximate surface area is 131 Å². The van der Waals surface area contributed by atoms with Gasteiger partial charge in [0, 0.05) is 30.7 Å². The van der Waals surface area contributed by atoms with E-state index in [4.69, 9.17) is 5.73 Å². The van der Waals surface area contributed by atoms with Gasteiger partial charge in [-0.05, 0) is 64.5 Å². The van der Waals surface area contributed by atoms with Gasteiger partial charge >= 0.3 is 0 Å². The molecule has 122 valence electrons. The number of hydrogen-bond donors (Lipinski definition) is 1. The molecular formula is C18H35N3. The van der Waals surface area contributed by atoms with Crippen molar-refractivity contribution in [3.05, 3.63) is 0 Å². The van der Waals surface area contributed by atoms with Gasteiger partial charge in [-0.25, -0.2) is 0 Å². The number of piperidine rings is 1. The lowest BCUT2D eigenvalue weighted by Gasteiger charge is -2.50. The molecular weight excluding hydrogens is 258 g/mol. The lowest BCUT2D eigenvalue weighted by molar-refractivity contribution is 0.0102. The minimum atomic E-state index is 0.268. The van der Waals surface area contributed by atoms with E-state index in [1.807, 2.05) is 0 Å². The van der Waals surface area contributed by atoms with E-state index < -0.39 is 0 Å². The highest BCUT2D eigenvalue weighted by Crippen LogP contribution is 2.41. The Balaban J connectivity index is 1.70. The number of fused-ring (bicyclic) bond motifs is 1. The number of rotatable bonds is 4. The molecule has 0 spiro atoms. The molecule has 0 aromatic rings. The summed E-state index contributed by atoms with van der Waals surface area (Å²) in [7, 11) is 2.39. The molecule has 3 rings (SSSR count). The van der Waals surface area contributed by atoms with Gasteiger partial charge in [0.05, 0.1) is 0 Å². The molecule has 3 heteroatoms. The summed E-state index contributed by atoms with van der Waals surface area (Å²) in [6.07, 6.45) is 12.5. The lowest BCUT2D eigenvalue weighted by Crippen LogP contribution is -2.63. The summed E-state index contributed by atoms with van der Waals surface area (Å²) in [5.41, 5.74) is 6.64. The maximum atomic E-state index is 6.37. The summed E-state index contributed by atoms with van der Waals surface area (Å²) in [6.45, 7) is 5.78. The highest BCUT2D eigenvalue weighted by Gasteiger charge is 2.51. The van der Waals surface area contributed by atoms with Crippen molar-refractivity contribution >= 4 is 0 Å². The molecule has 1 saturated carbocycles. The monoisotopic (exact) mass is 293 g/mol. The van der Waals surface area contributed by atoms with E-state index in [1.54, 1.807) is 0 Å². The highest BCUT2D eigenvalue weighted by atomic mass is 15.3. The van der Waals surface area contributed by atoms with Crippen LogP contribution in [0.1, 0.15) is 64.7 Å². The third kappa shape index (κ3) is 2.77. The molecule has 2 unspecified atom stereocenters. The van der Waals surface area contributed by atoms with E-state index in [0.717, 1.165) is 24.5 Å². The molecule has 0 radical (unpaired) electrons. The van der Waals surface area contributed by atoms with Crippen LogP contribution >= 0.6 is 0 Å². The number of nitrogens with two attached hydrogens (primary N) is 1. The van der Waals surface area contributed by atoms with Gasteiger partial charge in [-0.2, -0.15) is 0 Å². The first-order valence-corrected chi connectivity index (χ1v) is 9.38. The van der Waals surface area contributed by atoms with Crippen LogP contribution in [0.15, 0.2) is 0 Å². The summed E-state index contributed by atoms with van der Waals surface area (Å²) >= 11 is 0. The molecule has 2 saturated heterocycles. The second-order valence-corrected chi connectivity index (χ2v) is 7.80. The largest absolute Gasteiger partial charge is 0.329 e. The van der Waals surface area contributed by atoms with Gasteiger partial charge in [0.15, 0.2) is 0 Å². The molecule has 3 aliphatic rings. The number of likely N-dealkylation sites (N-methyl/N-ethyl adjacent to an activating group) is 1. The van der Waals surface area contributed by atoms with Gasteiger partial charge in [-0.1, -0.05) is 19.8 Å². The van der Waals surface area contributed by atoms with E-state index in [9.17, 15) is 0 Å². The van der Waals surface area contributed by atoms with E-state index in [1.165, 1.54) is 70.9 Å². The minimum absolute atomic E-state index is 0.268. The second kappa shape index (κ2) is 6.55. The van der Waals surface area contributed by atoms with E-state index >= 15 is 0 Å². The Hall–Kier alpha value is -0.120. The van der Waals surface area contributed by atoms with Gasteiger partial charge < -0.3 is 5.73 Å². The Morgan fingerprint density at radius 2 is 1.86 bits per heavy atom. The normalized spacial score (nSPS) is 41.4. The second-order valence-electron chi connectivity index (χ2n) is 7.80. The standard InChI is InChI=1S/C18H35N3/c1-3-15-7-9-16(10-8-15)20(2)18(14-19)11-13-21-12-5-4-6-17(18)21/h15-17H,3-14,19H2,1-2H3. The molecule has 0 amide bonds. The lowest BCUT2D eigenvalue weighted by atomic mass is 9.79. The van der Waals surface area contributed by atoms with Crippen molar-refractivity contribution in [1.82, 2.24) is 9.80 Å². The van der Waals surface area contributed by atoms with Gasteiger partial charge in [0.25, 0.3) is 0 Å². The van der Waals surface area contributed by atoms with Crippen LogP contribution in [0.25, 0.3) is 0 Å². The zero-order valence-corrected chi connectivity index (χ0v) is 14.2. The summed E-state index contributed by atoms with van der Waals surface area (Å²) in [5.74, 6) is 0.984. The van der Waals surface area contributed by atoms with Crippen molar-refractivity contribution in [2.45, 2.75) is 82.3 Å². The fourth-order valence-electron chi connectivity index (χ4n) is 5.47. The Morgan fingerprint density at radius 1 is 1.10 bits per heavy atom. The number of nitrogens with zero attached hydrogens (tertiary/aromatic N) is 2. The zero-order chi connectivity index (χ0) is 14.9. The quantitative estimate of drug-likeness (QED) is 0.865.